The highest BCUT2D eigenvalue weighted by molar-refractivity contribution is 6.01. The summed E-state index contributed by atoms with van der Waals surface area (Å²) in [5.41, 5.74) is 1.77. The summed E-state index contributed by atoms with van der Waals surface area (Å²) >= 11 is 0. The average molecular weight is 326 g/mol. The van der Waals surface area contributed by atoms with E-state index in [1.165, 1.54) is 6.42 Å². The van der Waals surface area contributed by atoms with Crippen LogP contribution in [0.15, 0.2) is 34.9 Å². The molecular weight excluding hydrogens is 304 g/mol. The Labute approximate surface area is 141 Å². The lowest BCUT2D eigenvalue weighted by Gasteiger charge is -2.20. The van der Waals surface area contributed by atoms with E-state index in [2.05, 4.69) is 10.5 Å². The second-order valence-electron chi connectivity index (χ2n) is 6.25. The third kappa shape index (κ3) is 3.40. The molecule has 0 atom stereocenters. The first-order chi connectivity index (χ1) is 11.7. The van der Waals surface area contributed by atoms with Gasteiger partial charge in [-0.1, -0.05) is 54.8 Å². The average Bonchev–Trinajstić information content (AvgIpc) is 3.06. The van der Waals surface area contributed by atoms with Gasteiger partial charge in [0.05, 0.1) is 12.1 Å². The van der Waals surface area contributed by atoms with Crippen molar-refractivity contribution in [2.75, 3.05) is 7.05 Å². The standard InChI is InChI=1S/C19H22N2O3/c1-20-19(23)17-16(12-15(22)13-8-4-2-5-9-13)24-21-18(17)14-10-6-3-7-11-14/h2,4-5,8-9,14H,3,6-7,10-12H2,1H3,(H,20,23). The molecule has 1 aromatic carbocycles. The lowest BCUT2D eigenvalue weighted by molar-refractivity contribution is 0.0958. The quantitative estimate of drug-likeness (QED) is 0.854. The van der Waals surface area contributed by atoms with Crippen molar-refractivity contribution in [1.29, 1.82) is 0 Å². The second kappa shape index (κ2) is 7.43. The van der Waals surface area contributed by atoms with Crippen LogP contribution in [-0.4, -0.2) is 23.9 Å². The molecule has 1 heterocycles. The van der Waals surface area contributed by atoms with E-state index in [9.17, 15) is 9.59 Å². The lowest BCUT2D eigenvalue weighted by Crippen LogP contribution is -2.22. The molecule has 0 saturated heterocycles. The molecule has 1 aliphatic rings. The number of hydrogen-bond acceptors (Lipinski definition) is 4. The van der Waals surface area contributed by atoms with Crippen LogP contribution in [0, 0.1) is 0 Å². The van der Waals surface area contributed by atoms with Gasteiger partial charge in [-0.2, -0.15) is 0 Å². The summed E-state index contributed by atoms with van der Waals surface area (Å²) in [5, 5.41) is 6.82. The molecule has 0 bridgehead atoms. The van der Waals surface area contributed by atoms with Crippen molar-refractivity contribution < 1.29 is 14.1 Å². The molecule has 0 radical (unpaired) electrons. The molecule has 3 rings (SSSR count). The van der Waals surface area contributed by atoms with Crippen LogP contribution in [-0.2, 0) is 6.42 Å². The summed E-state index contributed by atoms with van der Waals surface area (Å²) in [6.45, 7) is 0. The Morgan fingerprint density at radius 1 is 1.17 bits per heavy atom. The molecule has 24 heavy (non-hydrogen) atoms. The van der Waals surface area contributed by atoms with Gasteiger partial charge in [-0.3, -0.25) is 9.59 Å². The molecule has 1 N–H and O–H groups in total. The van der Waals surface area contributed by atoms with E-state index in [1.807, 2.05) is 18.2 Å². The number of hydrogen-bond donors (Lipinski definition) is 1. The Balaban J connectivity index is 1.88. The number of amides is 1. The minimum atomic E-state index is -0.229. The highest BCUT2D eigenvalue weighted by Gasteiger charge is 2.29. The number of nitrogens with zero attached hydrogens (tertiary/aromatic N) is 1. The fourth-order valence-electron chi connectivity index (χ4n) is 3.35. The molecular formula is C19H22N2O3. The number of rotatable bonds is 5. The summed E-state index contributed by atoms with van der Waals surface area (Å²) in [5.74, 6) is 0.305. The van der Waals surface area contributed by atoms with Crippen molar-refractivity contribution in [3.8, 4) is 0 Å². The third-order valence-corrected chi connectivity index (χ3v) is 4.65. The number of aromatic nitrogens is 1. The maximum absolute atomic E-state index is 12.4. The van der Waals surface area contributed by atoms with Gasteiger partial charge in [0, 0.05) is 18.5 Å². The van der Waals surface area contributed by atoms with E-state index in [0.29, 0.717) is 22.6 Å². The largest absolute Gasteiger partial charge is 0.360 e. The fourth-order valence-corrected chi connectivity index (χ4v) is 3.35. The first kappa shape index (κ1) is 16.4. The molecule has 1 saturated carbocycles. The minimum absolute atomic E-state index is 0.0481. The Morgan fingerprint density at radius 2 is 1.88 bits per heavy atom. The third-order valence-electron chi connectivity index (χ3n) is 4.65. The van der Waals surface area contributed by atoms with Crippen LogP contribution in [0.3, 0.4) is 0 Å². The van der Waals surface area contributed by atoms with Crippen LogP contribution in [0.25, 0.3) is 0 Å². The predicted molar refractivity (Wildman–Crippen MR) is 90.2 cm³/mol. The van der Waals surface area contributed by atoms with Crippen LogP contribution in [0.4, 0.5) is 0 Å². The zero-order valence-electron chi connectivity index (χ0n) is 13.9. The molecule has 126 valence electrons. The molecule has 1 aliphatic carbocycles. The lowest BCUT2D eigenvalue weighted by atomic mass is 9.85. The van der Waals surface area contributed by atoms with Gasteiger partial charge in [-0.25, -0.2) is 0 Å². The number of ketones is 1. The summed E-state index contributed by atoms with van der Waals surface area (Å²) in [4.78, 5) is 24.8. The van der Waals surface area contributed by atoms with Crippen molar-refractivity contribution in [2.45, 2.75) is 44.4 Å². The molecule has 1 fully saturated rings. The van der Waals surface area contributed by atoms with Gasteiger partial charge in [-0.05, 0) is 12.8 Å². The van der Waals surface area contributed by atoms with Crippen molar-refractivity contribution in [3.05, 3.63) is 52.9 Å². The molecule has 2 aromatic rings. The van der Waals surface area contributed by atoms with E-state index < -0.39 is 0 Å². The monoisotopic (exact) mass is 326 g/mol. The summed E-state index contributed by atoms with van der Waals surface area (Å²) < 4.78 is 5.43. The maximum atomic E-state index is 12.4. The van der Waals surface area contributed by atoms with Gasteiger partial charge in [-0.15, -0.1) is 0 Å². The number of benzene rings is 1. The molecule has 0 aliphatic heterocycles. The molecule has 1 aromatic heterocycles. The first-order valence-corrected chi connectivity index (χ1v) is 8.49. The second-order valence-corrected chi connectivity index (χ2v) is 6.25. The highest BCUT2D eigenvalue weighted by atomic mass is 16.5. The summed E-state index contributed by atoms with van der Waals surface area (Å²) in [6.07, 6.45) is 5.59. The van der Waals surface area contributed by atoms with Gasteiger partial charge < -0.3 is 9.84 Å². The van der Waals surface area contributed by atoms with Crippen LogP contribution in [0.5, 0.6) is 0 Å². The molecule has 0 spiro atoms. The predicted octanol–water partition coefficient (Wildman–Crippen LogP) is 3.51. The summed E-state index contributed by atoms with van der Waals surface area (Å²) in [6, 6.07) is 9.03. The van der Waals surface area contributed by atoms with Gasteiger partial charge in [0.2, 0.25) is 0 Å². The van der Waals surface area contributed by atoms with Crippen LogP contribution >= 0.6 is 0 Å². The van der Waals surface area contributed by atoms with E-state index >= 15 is 0 Å². The van der Waals surface area contributed by atoms with Crippen LogP contribution in [0.1, 0.15) is 70.2 Å². The Kier molecular flexibility index (Phi) is 5.08. The summed E-state index contributed by atoms with van der Waals surface area (Å²) in [7, 11) is 1.59. The SMILES string of the molecule is CNC(=O)c1c(C2CCCCC2)noc1CC(=O)c1ccccc1. The zero-order chi connectivity index (χ0) is 16.9. The number of carbonyl (C=O) groups excluding carboxylic acids is 2. The zero-order valence-corrected chi connectivity index (χ0v) is 13.9. The smallest absolute Gasteiger partial charge is 0.256 e. The molecule has 1 amide bonds. The molecule has 0 unspecified atom stereocenters. The first-order valence-electron chi connectivity index (χ1n) is 8.49. The van der Waals surface area contributed by atoms with Crippen molar-refractivity contribution in [1.82, 2.24) is 10.5 Å². The highest BCUT2D eigenvalue weighted by Crippen LogP contribution is 2.35. The van der Waals surface area contributed by atoms with Crippen molar-refractivity contribution in [2.24, 2.45) is 0 Å². The van der Waals surface area contributed by atoms with Gasteiger partial charge in [0.15, 0.2) is 11.5 Å². The number of carbonyl (C=O) groups is 2. The van der Waals surface area contributed by atoms with Gasteiger partial charge in [0.25, 0.3) is 5.91 Å². The number of Topliss-reactive ketones (excluding diaryl/α,β-unsaturated/α-hetero) is 1. The molecule has 5 heteroatoms. The Hall–Kier alpha value is -2.43. The fraction of sp³-hybridized carbons (Fsp3) is 0.421. The normalized spacial score (nSPS) is 15.2. The van der Waals surface area contributed by atoms with E-state index in [4.69, 9.17) is 4.52 Å². The molecule has 5 nitrogen and oxygen atoms in total. The Morgan fingerprint density at radius 3 is 2.54 bits per heavy atom. The van der Waals surface area contributed by atoms with E-state index in [-0.39, 0.29) is 24.0 Å². The van der Waals surface area contributed by atoms with Gasteiger partial charge in [0.1, 0.15) is 5.56 Å². The Bertz CT molecular complexity index is 715. The topological polar surface area (TPSA) is 72.2 Å². The minimum Gasteiger partial charge on any atom is -0.360 e. The van der Waals surface area contributed by atoms with Crippen LogP contribution in [0.2, 0.25) is 0 Å². The maximum Gasteiger partial charge on any atom is 0.256 e. The number of nitrogens with one attached hydrogen (secondary N) is 1. The van der Waals surface area contributed by atoms with Crippen LogP contribution < -0.4 is 5.32 Å². The van der Waals surface area contributed by atoms with Crippen molar-refractivity contribution >= 4 is 11.7 Å². The van der Waals surface area contributed by atoms with E-state index in [1.54, 1.807) is 19.2 Å². The van der Waals surface area contributed by atoms with Gasteiger partial charge >= 0.3 is 0 Å². The van der Waals surface area contributed by atoms with Crippen molar-refractivity contribution in [3.63, 3.8) is 0 Å². The van der Waals surface area contributed by atoms with E-state index in [0.717, 1.165) is 25.7 Å².